The third-order valence-corrected chi connectivity index (χ3v) is 3.32. The second-order valence-corrected chi connectivity index (χ2v) is 5.17. The van der Waals surface area contributed by atoms with E-state index in [2.05, 4.69) is 15.3 Å². The van der Waals surface area contributed by atoms with Crippen molar-refractivity contribution in [1.29, 1.82) is 0 Å². The molecule has 0 spiro atoms. The summed E-state index contributed by atoms with van der Waals surface area (Å²) in [7, 11) is 1.57. The first kappa shape index (κ1) is 19.5. The summed E-state index contributed by atoms with van der Waals surface area (Å²) in [5.41, 5.74) is 8.63. The summed E-state index contributed by atoms with van der Waals surface area (Å²) in [5.74, 6) is 0.960. The fourth-order valence-corrected chi connectivity index (χ4v) is 2.22. The van der Waals surface area contributed by atoms with Gasteiger partial charge in [-0.05, 0) is 37.3 Å². The summed E-state index contributed by atoms with van der Waals surface area (Å²) in [4.78, 5) is 8.71. The van der Waals surface area contributed by atoms with E-state index in [1.54, 1.807) is 19.2 Å². The van der Waals surface area contributed by atoms with Gasteiger partial charge in [0.25, 0.3) is 0 Å². The number of hydrogen-bond donors (Lipinski definition) is 2. The van der Waals surface area contributed by atoms with Gasteiger partial charge in [0.15, 0.2) is 5.96 Å². The van der Waals surface area contributed by atoms with Crippen molar-refractivity contribution in [2.24, 2.45) is 10.7 Å². The molecule has 0 aliphatic rings. The predicted molar refractivity (Wildman–Crippen MR) is 106 cm³/mol. The number of nitrogens with one attached hydrogen (secondary N) is 1. The lowest BCUT2D eigenvalue weighted by Gasteiger charge is -2.08. The molecule has 0 unspecified atom stereocenters. The van der Waals surface area contributed by atoms with Crippen molar-refractivity contribution >= 4 is 47.2 Å². The van der Waals surface area contributed by atoms with Crippen LogP contribution in [0.1, 0.15) is 11.4 Å². The maximum absolute atomic E-state index is 6.06. The van der Waals surface area contributed by atoms with E-state index in [1.807, 2.05) is 31.2 Å². The van der Waals surface area contributed by atoms with Crippen LogP contribution in [0.15, 0.2) is 41.4 Å². The zero-order valence-corrected chi connectivity index (χ0v) is 16.1. The van der Waals surface area contributed by atoms with Gasteiger partial charge in [0.05, 0.1) is 12.1 Å². The number of aromatic nitrogens is 1. The lowest BCUT2D eigenvalue weighted by molar-refractivity contribution is 0.415. The van der Waals surface area contributed by atoms with Gasteiger partial charge in [-0.15, -0.1) is 24.0 Å². The molecule has 0 atom stereocenters. The Kier molecular flexibility index (Phi) is 8.11. The zero-order chi connectivity index (χ0) is 15.9. The van der Waals surface area contributed by atoms with Crippen molar-refractivity contribution in [2.45, 2.75) is 13.3 Å². The minimum Gasteiger partial charge on any atom is -0.495 e. The lowest BCUT2D eigenvalue weighted by atomic mass is 10.2. The molecule has 7 heteroatoms. The number of aliphatic imine (C=N–C) groups is 1. The summed E-state index contributed by atoms with van der Waals surface area (Å²) in [6.07, 6.45) is 0.743. The topological polar surface area (TPSA) is 72.5 Å². The predicted octanol–water partition coefficient (Wildman–Crippen LogP) is 3.64. The van der Waals surface area contributed by atoms with Crippen LogP contribution in [0.4, 0.5) is 5.69 Å². The summed E-state index contributed by atoms with van der Waals surface area (Å²) < 4.78 is 5.10. The van der Waals surface area contributed by atoms with Crippen LogP contribution in [-0.4, -0.2) is 24.6 Å². The second-order valence-electron chi connectivity index (χ2n) is 4.76. The maximum Gasteiger partial charge on any atom is 0.193 e. The molecule has 0 fully saturated rings. The van der Waals surface area contributed by atoms with Gasteiger partial charge in [-0.1, -0.05) is 17.7 Å². The van der Waals surface area contributed by atoms with Crippen molar-refractivity contribution in [3.8, 4) is 5.75 Å². The monoisotopic (exact) mass is 446 g/mol. The number of aryl methyl sites for hydroxylation is 1. The quantitative estimate of drug-likeness (QED) is 0.418. The van der Waals surface area contributed by atoms with Crippen LogP contribution in [0.5, 0.6) is 5.75 Å². The fraction of sp³-hybridized carbons (Fsp3) is 0.250. The molecule has 0 radical (unpaired) electrons. The first-order chi connectivity index (χ1) is 10.6. The number of nitrogens with two attached hydrogens (primary N) is 1. The Labute approximate surface area is 158 Å². The molecule has 1 aromatic heterocycles. The molecule has 2 aromatic rings. The Morgan fingerprint density at radius 2 is 2.13 bits per heavy atom. The number of hydrogen-bond acceptors (Lipinski definition) is 3. The average molecular weight is 447 g/mol. The van der Waals surface area contributed by atoms with E-state index >= 15 is 0 Å². The molecule has 23 heavy (non-hydrogen) atoms. The highest BCUT2D eigenvalue weighted by molar-refractivity contribution is 14.0. The third-order valence-electron chi connectivity index (χ3n) is 3.02. The molecular weight excluding hydrogens is 427 g/mol. The first-order valence-electron chi connectivity index (χ1n) is 6.91. The van der Waals surface area contributed by atoms with Crippen LogP contribution in [0.3, 0.4) is 0 Å². The average Bonchev–Trinajstić information content (AvgIpc) is 2.47. The SMILES string of the molecule is COc1ccc(NC(N)=NCCc2cccc(C)n2)cc1Cl.I. The molecule has 0 bridgehead atoms. The van der Waals surface area contributed by atoms with Gasteiger partial charge in [-0.2, -0.15) is 0 Å². The van der Waals surface area contributed by atoms with Gasteiger partial charge in [-0.25, -0.2) is 0 Å². The van der Waals surface area contributed by atoms with E-state index < -0.39 is 0 Å². The van der Waals surface area contributed by atoms with Crippen LogP contribution < -0.4 is 15.8 Å². The number of methoxy groups -OCH3 is 1. The van der Waals surface area contributed by atoms with Gasteiger partial charge in [-0.3, -0.25) is 9.98 Å². The minimum atomic E-state index is 0. The molecule has 1 heterocycles. The molecule has 3 N–H and O–H groups in total. The summed E-state index contributed by atoms with van der Waals surface area (Å²) in [6, 6.07) is 11.3. The number of anilines is 1. The number of guanidine groups is 1. The smallest absolute Gasteiger partial charge is 0.193 e. The highest BCUT2D eigenvalue weighted by Crippen LogP contribution is 2.26. The van der Waals surface area contributed by atoms with Crippen LogP contribution in [0.2, 0.25) is 5.02 Å². The molecule has 0 aliphatic carbocycles. The van der Waals surface area contributed by atoms with Crippen LogP contribution >= 0.6 is 35.6 Å². The number of rotatable bonds is 5. The normalized spacial score (nSPS) is 10.8. The lowest BCUT2D eigenvalue weighted by Crippen LogP contribution is -2.23. The van der Waals surface area contributed by atoms with E-state index in [-0.39, 0.29) is 24.0 Å². The van der Waals surface area contributed by atoms with Crippen molar-refractivity contribution in [2.75, 3.05) is 19.0 Å². The molecule has 1 aromatic carbocycles. The first-order valence-corrected chi connectivity index (χ1v) is 7.29. The number of nitrogens with zero attached hydrogens (tertiary/aromatic N) is 2. The van der Waals surface area contributed by atoms with Gasteiger partial charge in [0, 0.05) is 30.0 Å². The van der Waals surface area contributed by atoms with E-state index in [0.29, 0.717) is 23.3 Å². The van der Waals surface area contributed by atoms with E-state index in [1.165, 1.54) is 0 Å². The van der Waals surface area contributed by atoms with E-state index in [0.717, 1.165) is 23.5 Å². The van der Waals surface area contributed by atoms with Gasteiger partial charge < -0.3 is 15.8 Å². The van der Waals surface area contributed by atoms with Crippen LogP contribution in [0, 0.1) is 6.92 Å². The second kappa shape index (κ2) is 9.57. The van der Waals surface area contributed by atoms with Crippen LogP contribution in [-0.2, 0) is 6.42 Å². The molecule has 0 saturated carbocycles. The fourth-order valence-electron chi connectivity index (χ4n) is 1.96. The van der Waals surface area contributed by atoms with Crippen molar-refractivity contribution in [3.63, 3.8) is 0 Å². The number of ether oxygens (including phenoxy) is 1. The Hall–Kier alpha value is -1.54. The standard InChI is InChI=1S/C16H19ClN4O.HI/c1-11-4-3-5-12(20-11)8-9-19-16(18)21-13-6-7-15(22-2)14(17)10-13;/h3-7,10H,8-9H2,1-2H3,(H3,18,19,21);1H. The summed E-state index contributed by atoms with van der Waals surface area (Å²) >= 11 is 6.06. The molecule has 0 saturated heterocycles. The van der Waals surface area contributed by atoms with Gasteiger partial charge in [0.2, 0.25) is 0 Å². The van der Waals surface area contributed by atoms with E-state index in [9.17, 15) is 0 Å². The largest absolute Gasteiger partial charge is 0.495 e. The van der Waals surface area contributed by atoms with Crippen molar-refractivity contribution in [3.05, 3.63) is 52.8 Å². The molecule has 0 amide bonds. The van der Waals surface area contributed by atoms with Crippen LogP contribution in [0.25, 0.3) is 0 Å². The van der Waals surface area contributed by atoms with Gasteiger partial charge in [0.1, 0.15) is 5.75 Å². The molecule has 5 nitrogen and oxygen atoms in total. The van der Waals surface area contributed by atoms with Crippen molar-refractivity contribution in [1.82, 2.24) is 4.98 Å². The molecule has 0 aliphatic heterocycles. The molecule has 124 valence electrons. The Morgan fingerprint density at radius 1 is 1.35 bits per heavy atom. The minimum absolute atomic E-state index is 0. The highest BCUT2D eigenvalue weighted by Gasteiger charge is 2.02. The number of pyridine rings is 1. The zero-order valence-electron chi connectivity index (χ0n) is 13.0. The maximum atomic E-state index is 6.06. The highest BCUT2D eigenvalue weighted by atomic mass is 127. The van der Waals surface area contributed by atoms with E-state index in [4.69, 9.17) is 22.1 Å². The number of halogens is 2. The molecule has 2 rings (SSSR count). The Bertz CT molecular complexity index is 679. The Morgan fingerprint density at radius 3 is 2.78 bits per heavy atom. The number of benzene rings is 1. The van der Waals surface area contributed by atoms with Gasteiger partial charge >= 0.3 is 0 Å². The van der Waals surface area contributed by atoms with Crippen molar-refractivity contribution < 1.29 is 4.74 Å². The Balaban J connectivity index is 0.00000264. The summed E-state index contributed by atoms with van der Waals surface area (Å²) in [5, 5.41) is 3.52. The summed E-state index contributed by atoms with van der Waals surface area (Å²) in [6.45, 7) is 2.54. The third kappa shape index (κ3) is 6.23. The molecular formula is C16H20ClIN4O.